The Hall–Kier alpha value is -1.77. The lowest BCUT2D eigenvalue weighted by atomic mass is 10.1. The van der Waals surface area contributed by atoms with E-state index < -0.39 is 0 Å². The van der Waals surface area contributed by atoms with E-state index in [9.17, 15) is 4.79 Å². The first-order chi connectivity index (χ1) is 9.55. The molecule has 1 amide bonds. The predicted octanol–water partition coefficient (Wildman–Crippen LogP) is 4.09. The van der Waals surface area contributed by atoms with Crippen LogP contribution in [0.3, 0.4) is 0 Å². The van der Waals surface area contributed by atoms with Gasteiger partial charge in [0.05, 0.1) is 0 Å². The highest BCUT2D eigenvalue weighted by atomic mass is 16.1. The zero-order chi connectivity index (χ0) is 14.7. The summed E-state index contributed by atoms with van der Waals surface area (Å²) < 4.78 is 0. The number of benzene rings is 1. The predicted molar refractivity (Wildman–Crippen MR) is 84.2 cm³/mol. The summed E-state index contributed by atoms with van der Waals surface area (Å²) in [7, 11) is 0. The van der Waals surface area contributed by atoms with Gasteiger partial charge in [-0.05, 0) is 49.9 Å². The van der Waals surface area contributed by atoms with Crippen molar-refractivity contribution >= 4 is 16.8 Å². The fraction of sp³-hybridized carbons (Fsp3) is 0.471. The number of aryl methyl sites for hydroxylation is 2. The highest BCUT2D eigenvalue weighted by Crippen LogP contribution is 2.21. The van der Waals surface area contributed by atoms with Crippen molar-refractivity contribution in [2.24, 2.45) is 0 Å². The van der Waals surface area contributed by atoms with Crippen molar-refractivity contribution in [1.82, 2.24) is 10.3 Å². The van der Waals surface area contributed by atoms with Crippen molar-refractivity contribution in [3.63, 3.8) is 0 Å². The maximum atomic E-state index is 12.3. The summed E-state index contributed by atoms with van der Waals surface area (Å²) in [5, 5.41) is 4.24. The SMILES string of the molecule is CCCC(CC)NC(=O)c1cc2c(C)cc(C)cc2[nH]1. The van der Waals surface area contributed by atoms with Crippen molar-refractivity contribution < 1.29 is 4.79 Å². The highest BCUT2D eigenvalue weighted by Gasteiger charge is 2.14. The summed E-state index contributed by atoms with van der Waals surface area (Å²) in [6.07, 6.45) is 3.09. The Bertz CT molecular complexity index is 613. The summed E-state index contributed by atoms with van der Waals surface area (Å²) in [5.41, 5.74) is 4.11. The molecule has 1 aromatic carbocycles. The lowest BCUT2D eigenvalue weighted by Gasteiger charge is -2.15. The van der Waals surface area contributed by atoms with Gasteiger partial charge in [0, 0.05) is 16.9 Å². The number of carbonyl (C=O) groups is 1. The van der Waals surface area contributed by atoms with Crippen LogP contribution in [0.25, 0.3) is 10.9 Å². The second-order valence-corrected chi connectivity index (χ2v) is 5.59. The number of H-pyrrole nitrogens is 1. The van der Waals surface area contributed by atoms with E-state index in [0.29, 0.717) is 5.69 Å². The van der Waals surface area contributed by atoms with E-state index >= 15 is 0 Å². The standard InChI is InChI=1S/C17H24N2O/c1-5-7-13(6-2)18-17(20)16-10-14-12(4)8-11(3)9-15(14)19-16/h8-10,13,19H,5-7H2,1-4H3,(H,18,20). The van der Waals surface area contributed by atoms with Crippen LogP contribution in [0.2, 0.25) is 0 Å². The maximum Gasteiger partial charge on any atom is 0.267 e. The molecule has 3 heteroatoms. The fourth-order valence-electron chi connectivity index (χ4n) is 2.71. The molecule has 1 unspecified atom stereocenters. The first-order valence-corrected chi connectivity index (χ1v) is 7.46. The van der Waals surface area contributed by atoms with Crippen LogP contribution in [0.15, 0.2) is 18.2 Å². The second kappa shape index (κ2) is 6.12. The quantitative estimate of drug-likeness (QED) is 0.846. The van der Waals surface area contributed by atoms with E-state index in [1.165, 1.54) is 11.1 Å². The monoisotopic (exact) mass is 272 g/mol. The highest BCUT2D eigenvalue weighted by molar-refractivity contribution is 5.99. The van der Waals surface area contributed by atoms with Crippen LogP contribution < -0.4 is 5.32 Å². The summed E-state index contributed by atoms with van der Waals surface area (Å²) >= 11 is 0. The van der Waals surface area contributed by atoms with E-state index in [1.807, 2.05) is 6.07 Å². The van der Waals surface area contributed by atoms with Gasteiger partial charge in [-0.15, -0.1) is 0 Å². The Morgan fingerprint density at radius 2 is 2.00 bits per heavy atom. The van der Waals surface area contributed by atoms with E-state index in [-0.39, 0.29) is 11.9 Å². The lowest BCUT2D eigenvalue weighted by molar-refractivity contribution is 0.0929. The first kappa shape index (κ1) is 14.6. The molecule has 0 saturated carbocycles. The molecule has 0 aliphatic heterocycles. The van der Waals surface area contributed by atoms with Crippen LogP contribution in [0.1, 0.15) is 54.7 Å². The molecule has 20 heavy (non-hydrogen) atoms. The Labute approximate surface area is 120 Å². The third-order valence-electron chi connectivity index (χ3n) is 3.80. The van der Waals surface area contributed by atoms with Crippen LogP contribution in [-0.4, -0.2) is 16.9 Å². The summed E-state index contributed by atoms with van der Waals surface area (Å²) in [6.45, 7) is 8.40. The van der Waals surface area contributed by atoms with Crippen molar-refractivity contribution in [3.05, 3.63) is 35.0 Å². The van der Waals surface area contributed by atoms with Crippen molar-refractivity contribution in [2.45, 2.75) is 53.0 Å². The molecule has 0 aliphatic rings. The Kier molecular flexibility index (Phi) is 4.48. The molecule has 1 heterocycles. The topological polar surface area (TPSA) is 44.9 Å². The minimum absolute atomic E-state index is 0.00134. The Morgan fingerprint density at radius 1 is 1.25 bits per heavy atom. The molecule has 0 fully saturated rings. The Balaban J connectivity index is 2.24. The molecule has 0 saturated heterocycles. The van der Waals surface area contributed by atoms with Gasteiger partial charge >= 0.3 is 0 Å². The molecular weight excluding hydrogens is 248 g/mol. The summed E-state index contributed by atoms with van der Waals surface area (Å²) in [4.78, 5) is 15.5. The van der Waals surface area contributed by atoms with E-state index in [0.717, 1.165) is 30.2 Å². The minimum atomic E-state index is -0.00134. The smallest absolute Gasteiger partial charge is 0.267 e. The third kappa shape index (κ3) is 3.03. The van der Waals surface area contributed by atoms with Crippen molar-refractivity contribution in [1.29, 1.82) is 0 Å². The largest absolute Gasteiger partial charge is 0.351 e. The van der Waals surface area contributed by atoms with Gasteiger partial charge in [-0.1, -0.05) is 26.3 Å². The molecule has 3 nitrogen and oxygen atoms in total. The van der Waals surface area contributed by atoms with Gasteiger partial charge in [-0.3, -0.25) is 4.79 Å². The van der Waals surface area contributed by atoms with Gasteiger partial charge in [0.15, 0.2) is 0 Å². The van der Waals surface area contributed by atoms with E-state index in [4.69, 9.17) is 0 Å². The molecule has 108 valence electrons. The number of aromatic nitrogens is 1. The number of hydrogen-bond acceptors (Lipinski definition) is 1. The second-order valence-electron chi connectivity index (χ2n) is 5.59. The summed E-state index contributed by atoms with van der Waals surface area (Å²) in [6, 6.07) is 6.45. The molecular formula is C17H24N2O. The number of hydrogen-bond donors (Lipinski definition) is 2. The number of carbonyl (C=O) groups excluding carboxylic acids is 1. The molecule has 1 aromatic heterocycles. The summed E-state index contributed by atoms with van der Waals surface area (Å²) in [5.74, 6) is -0.00134. The molecule has 0 spiro atoms. The molecule has 2 N–H and O–H groups in total. The van der Waals surface area contributed by atoms with Gasteiger partial charge in [-0.2, -0.15) is 0 Å². The van der Waals surface area contributed by atoms with Gasteiger partial charge < -0.3 is 10.3 Å². The maximum absolute atomic E-state index is 12.3. The van der Waals surface area contributed by atoms with Crippen molar-refractivity contribution in [3.8, 4) is 0 Å². The van der Waals surface area contributed by atoms with Crippen molar-refractivity contribution in [2.75, 3.05) is 0 Å². The number of fused-ring (bicyclic) bond motifs is 1. The van der Waals surface area contributed by atoms with Crippen LogP contribution in [0.4, 0.5) is 0 Å². The zero-order valence-corrected chi connectivity index (χ0v) is 12.8. The van der Waals surface area contributed by atoms with Crippen LogP contribution in [0.5, 0.6) is 0 Å². The van der Waals surface area contributed by atoms with Gasteiger partial charge in [0.25, 0.3) is 5.91 Å². The molecule has 1 atom stereocenters. The molecule has 0 aliphatic carbocycles. The van der Waals surface area contributed by atoms with Crippen LogP contribution >= 0.6 is 0 Å². The average Bonchev–Trinajstić information content (AvgIpc) is 2.82. The molecule has 2 aromatic rings. The number of aromatic amines is 1. The zero-order valence-electron chi connectivity index (χ0n) is 12.8. The minimum Gasteiger partial charge on any atom is -0.351 e. The number of nitrogens with one attached hydrogen (secondary N) is 2. The normalized spacial score (nSPS) is 12.6. The van der Waals surface area contributed by atoms with E-state index in [2.05, 4.69) is 50.1 Å². The average molecular weight is 272 g/mol. The van der Waals surface area contributed by atoms with Crippen LogP contribution in [0, 0.1) is 13.8 Å². The lowest BCUT2D eigenvalue weighted by Crippen LogP contribution is -2.34. The molecule has 0 bridgehead atoms. The van der Waals surface area contributed by atoms with Gasteiger partial charge in [-0.25, -0.2) is 0 Å². The van der Waals surface area contributed by atoms with Gasteiger partial charge in [0.2, 0.25) is 0 Å². The third-order valence-corrected chi connectivity index (χ3v) is 3.80. The first-order valence-electron chi connectivity index (χ1n) is 7.46. The number of amides is 1. The van der Waals surface area contributed by atoms with Gasteiger partial charge in [0.1, 0.15) is 5.69 Å². The van der Waals surface area contributed by atoms with Crippen LogP contribution in [-0.2, 0) is 0 Å². The molecule has 2 rings (SSSR count). The molecule has 0 radical (unpaired) electrons. The number of rotatable bonds is 5. The van der Waals surface area contributed by atoms with E-state index in [1.54, 1.807) is 0 Å². The Morgan fingerprint density at radius 3 is 2.65 bits per heavy atom. The fourth-order valence-corrected chi connectivity index (χ4v) is 2.71.